The second kappa shape index (κ2) is 5.04. The van der Waals surface area contributed by atoms with Gasteiger partial charge in [0.1, 0.15) is 11.6 Å². The monoisotopic (exact) mass is 247 g/mol. The molecule has 0 radical (unpaired) electrons. The van der Waals surface area contributed by atoms with E-state index in [4.69, 9.17) is 0 Å². The Morgan fingerprint density at radius 3 is 2.72 bits per heavy atom. The van der Waals surface area contributed by atoms with Crippen molar-refractivity contribution in [2.24, 2.45) is 0 Å². The normalized spacial score (nSPS) is 10.4. The summed E-state index contributed by atoms with van der Waals surface area (Å²) in [4.78, 5) is 15.9. The molecular weight excluding hydrogens is 236 g/mol. The zero-order chi connectivity index (χ0) is 13.1. The molecule has 0 unspecified atom stereocenters. The summed E-state index contributed by atoms with van der Waals surface area (Å²) in [5.74, 6) is -1.56. The van der Waals surface area contributed by atoms with E-state index in [0.717, 1.165) is 17.7 Å². The Morgan fingerprint density at radius 2 is 2.06 bits per heavy atom. The first kappa shape index (κ1) is 12.4. The number of benzene rings is 1. The Balaban J connectivity index is 2.24. The maximum Gasteiger partial charge on any atom is 0.167 e. The molecular formula is C14H11F2NO. The molecule has 92 valence electrons. The number of carbonyl (C=O) groups excluding carboxylic acids is 1. The highest BCUT2D eigenvalue weighted by molar-refractivity contribution is 5.98. The average molecular weight is 247 g/mol. The molecule has 2 nitrogen and oxygen atoms in total. The molecule has 0 amide bonds. The molecule has 4 heteroatoms. The van der Waals surface area contributed by atoms with Gasteiger partial charge in [0.25, 0.3) is 0 Å². The van der Waals surface area contributed by atoms with Crippen LogP contribution in [-0.2, 0) is 6.42 Å². The van der Waals surface area contributed by atoms with E-state index in [9.17, 15) is 13.6 Å². The van der Waals surface area contributed by atoms with Gasteiger partial charge in [-0.15, -0.1) is 0 Å². The fourth-order valence-electron chi connectivity index (χ4n) is 1.72. The van der Waals surface area contributed by atoms with E-state index in [1.165, 1.54) is 12.3 Å². The minimum atomic E-state index is -0.699. The highest BCUT2D eigenvalue weighted by atomic mass is 19.1. The van der Waals surface area contributed by atoms with Crippen LogP contribution in [0.2, 0.25) is 0 Å². The second-order valence-corrected chi connectivity index (χ2v) is 4.03. The van der Waals surface area contributed by atoms with Crippen molar-refractivity contribution in [3.05, 3.63) is 65.0 Å². The lowest BCUT2D eigenvalue weighted by Crippen LogP contribution is -2.07. The van der Waals surface area contributed by atoms with Crippen LogP contribution >= 0.6 is 0 Å². The average Bonchev–Trinajstić information content (AvgIpc) is 2.33. The van der Waals surface area contributed by atoms with Crippen molar-refractivity contribution < 1.29 is 13.6 Å². The van der Waals surface area contributed by atoms with Gasteiger partial charge in [-0.3, -0.25) is 9.78 Å². The third kappa shape index (κ3) is 2.59. The number of ketones is 1. The molecule has 0 saturated heterocycles. The van der Waals surface area contributed by atoms with E-state index in [1.54, 1.807) is 19.2 Å². The number of aromatic nitrogens is 1. The van der Waals surface area contributed by atoms with Crippen molar-refractivity contribution in [2.45, 2.75) is 13.3 Å². The number of hydrogen-bond donors (Lipinski definition) is 0. The van der Waals surface area contributed by atoms with E-state index in [1.807, 2.05) is 0 Å². The molecule has 0 saturated carbocycles. The van der Waals surface area contributed by atoms with Gasteiger partial charge in [-0.05, 0) is 30.2 Å². The highest BCUT2D eigenvalue weighted by Crippen LogP contribution is 2.14. The third-order valence-electron chi connectivity index (χ3n) is 2.69. The number of aryl methyl sites for hydroxylation is 1. The zero-order valence-corrected chi connectivity index (χ0v) is 9.78. The fourth-order valence-corrected chi connectivity index (χ4v) is 1.72. The quantitative estimate of drug-likeness (QED) is 0.780. The van der Waals surface area contributed by atoms with Gasteiger partial charge >= 0.3 is 0 Å². The van der Waals surface area contributed by atoms with Crippen LogP contribution in [0.5, 0.6) is 0 Å². The molecule has 1 aromatic heterocycles. The lowest BCUT2D eigenvalue weighted by atomic mass is 10.0. The van der Waals surface area contributed by atoms with Gasteiger partial charge in [0.15, 0.2) is 5.78 Å². The summed E-state index contributed by atoms with van der Waals surface area (Å²) in [5.41, 5.74) is 1.44. The van der Waals surface area contributed by atoms with E-state index in [-0.39, 0.29) is 17.8 Å². The molecule has 18 heavy (non-hydrogen) atoms. The number of pyridine rings is 1. The Bertz CT molecular complexity index is 596. The molecule has 0 N–H and O–H groups in total. The van der Waals surface area contributed by atoms with Gasteiger partial charge in [0.2, 0.25) is 0 Å². The summed E-state index contributed by atoms with van der Waals surface area (Å²) >= 11 is 0. The van der Waals surface area contributed by atoms with Crippen LogP contribution in [0, 0.1) is 18.6 Å². The SMILES string of the molecule is Cc1cnccc1C(=O)Cc1ccc(F)cc1F. The van der Waals surface area contributed by atoms with Crippen molar-refractivity contribution in [1.29, 1.82) is 0 Å². The lowest BCUT2D eigenvalue weighted by Gasteiger charge is -2.05. The smallest absolute Gasteiger partial charge is 0.167 e. The van der Waals surface area contributed by atoms with Crippen LogP contribution in [0.25, 0.3) is 0 Å². The Hall–Kier alpha value is -2.10. The number of hydrogen-bond acceptors (Lipinski definition) is 2. The van der Waals surface area contributed by atoms with Gasteiger partial charge in [-0.25, -0.2) is 8.78 Å². The number of nitrogens with zero attached hydrogens (tertiary/aromatic N) is 1. The predicted octanol–water partition coefficient (Wildman–Crippen LogP) is 3.09. The maximum atomic E-state index is 13.4. The van der Waals surface area contributed by atoms with Gasteiger partial charge in [0, 0.05) is 30.4 Å². The fraction of sp³-hybridized carbons (Fsp3) is 0.143. The summed E-state index contributed by atoms with van der Waals surface area (Å²) < 4.78 is 26.2. The van der Waals surface area contributed by atoms with Crippen LogP contribution in [0.4, 0.5) is 8.78 Å². The van der Waals surface area contributed by atoms with Crippen LogP contribution in [-0.4, -0.2) is 10.8 Å². The number of Topliss-reactive ketones (excluding diaryl/α,β-unsaturated/α-hetero) is 1. The molecule has 1 aromatic carbocycles. The summed E-state index contributed by atoms with van der Waals surface area (Å²) in [6.45, 7) is 1.77. The molecule has 0 bridgehead atoms. The lowest BCUT2D eigenvalue weighted by molar-refractivity contribution is 0.0991. The van der Waals surface area contributed by atoms with Crippen LogP contribution in [0.15, 0.2) is 36.7 Å². The first-order valence-corrected chi connectivity index (χ1v) is 5.45. The number of carbonyl (C=O) groups is 1. The standard InChI is InChI=1S/C14H11F2NO/c1-9-8-17-5-4-12(9)14(18)6-10-2-3-11(15)7-13(10)16/h2-5,7-8H,6H2,1H3. The first-order chi connectivity index (χ1) is 8.58. The van der Waals surface area contributed by atoms with E-state index in [0.29, 0.717) is 5.56 Å². The highest BCUT2D eigenvalue weighted by Gasteiger charge is 2.12. The topological polar surface area (TPSA) is 30.0 Å². The van der Waals surface area contributed by atoms with Crippen molar-refractivity contribution in [3.63, 3.8) is 0 Å². The largest absolute Gasteiger partial charge is 0.294 e. The van der Waals surface area contributed by atoms with Gasteiger partial charge < -0.3 is 0 Å². The number of halogens is 2. The van der Waals surface area contributed by atoms with Crippen LogP contribution < -0.4 is 0 Å². The number of rotatable bonds is 3. The predicted molar refractivity (Wildman–Crippen MR) is 63.4 cm³/mol. The minimum absolute atomic E-state index is 0.0863. The Morgan fingerprint density at radius 1 is 1.28 bits per heavy atom. The Kier molecular flexibility index (Phi) is 3.46. The van der Waals surface area contributed by atoms with Crippen molar-refractivity contribution in [1.82, 2.24) is 4.98 Å². The molecule has 0 atom stereocenters. The molecule has 0 aliphatic carbocycles. The molecule has 0 aliphatic rings. The second-order valence-electron chi connectivity index (χ2n) is 4.03. The summed E-state index contributed by atoms with van der Waals surface area (Å²) in [6, 6.07) is 4.81. The zero-order valence-electron chi connectivity index (χ0n) is 9.78. The molecule has 2 aromatic rings. The van der Waals surface area contributed by atoms with E-state index < -0.39 is 11.6 Å². The maximum absolute atomic E-state index is 13.4. The Labute approximate surface area is 103 Å². The van der Waals surface area contributed by atoms with E-state index >= 15 is 0 Å². The van der Waals surface area contributed by atoms with E-state index in [2.05, 4.69) is 4.98 Å². The molecule has 0 aliphatic heterocycles. The van der Waals surface area contributed by atoms with Gasteiger partial charge in [-0.1, -0.05) is 6.07 Å². The van der Waals surface area contributed by atoms with Gasteiger partial charge in [-0.2, -0.15) is 0 Å². The third-order valence-corrected chi connectivity index (χ3v) is 2.69. The molecule has 0 spiro atoms. The molecule has 0 fully saturated rings. The van der Waals surface area contributed by atoms with Crippen molar-refractivity contribution >= 4 is 5.78 Å². The van der Waals surface area contributed by atoms with Crippen molar-refractivity contribution in [2.75, 3.05) is 0 Å². The molecule has 2 rings (SSSR count). The van der Waals surface area contributed by atoms with Crippen LogP contribution in [0.1, 0.15) is 21.5 Å². The molecule has 1 heterocycles. The summed E-state index contributed by atoms with van der Waals surface area (Å²) in [5, 5.41) is 0. The van der Waals surface area contributed by atoms with Crippen molar-refractivity contribution in [3.8, 4) is 0 Å². The van der Waals surface area contributed by atoms with Gasteiger partial charge in [0.05, 0.1) is 0 Å². The minimum Gasteiger partial charge on any atom is -0.294 e. The summed E-state index contributed by atoms with van der Waals surface area (Å²) in [7, 11) is 0. The van der Waals surface area contributed by atoms with Crippen LogP contribution in [0.3, 0.4) is 0 Å². The first-order valence-electron chi connectivity index (χ1n) is 5.45. The summed E-state index contributed by atoms with van der Waals surface area (Å²) in [6.07, 6.45) is 3.01.